The quantitative estimate of drug-likeness (QED) is 0.728. The Morgan fingerprint density at radius 1 is 1.56 bits per heavy atom. The van der Waals surface area contributed by atoms with E-state index in [1.807, 2.05) is 25.1 Å². The lowest BCUT2D eigenvalue weighted by atomic mass is 10.1. The first-order chi connectivity index (χ1) is 7.61. The molecule has 16 heavy (non-hydrogen) atoms. The largest absolute Gasteiger partial charge is 0.398 e. The molecule has 0 aliphatic carbocycles. The standard InChI is InChI=1S/C12H16N2O2/c1-8-2-3-10(5-11(8)13)14-6-9(7-15)4-12(14)16/h2-3,5,9,15H,4,6-7,13H2,1H3. The molecule has 1 aromatic rings. The molecule has 3 N–H and O–H groups in total. The average molecular weight is 220 g/mol. The van der Waals surface area contributed by atoms with Crippen molar-refractivity contribution < 1.29 is 9.90 Å². The van der Waals surface area contributed by atoms with Crippen molar-refractivity contribution in [1.82, 2.24) is 0 Å². The van der Waals surface area contributed by atoms with Crippen molar-refractivity contribution in [2.24, 2.45) is 5.92 Å². The van der Waals surface area contributed by atoms with Gasteiger partial charge in [-0.2, -0.15) is 0 Å². The third-order valence-electron chi connectivity index (χ3n) is 3.04. The van der Waals surface area contributed by atoms with Crippen molar-refractivity contribution in [2.75, 3.05) is 23.8 Å². The fourth-order valence-electron chi connectivity index (χ4n) is 1.95. The van der Waals surface area contributed by atoms with Crippen LogP contribution in [0.25, 0.3) is 0 Å². The molecular formula is C12H16N2O2. The smallest absolute Gasteiger partial charge is 0.227 e. The van der Waals surface area contributed by atoms with Gasteiger partial charge in [0.25, 0.3) is 0 Å². The normalized spacial score (nSPS) is 20.5. The maximum Gasteiger partial charge on any atom is 0.227 e. The molecule has 1 aliphatic rings. The number of carbonyl (C=O) groups is 1. The summed E-state index contributed by atoms with van der Waals surface area (Å²) in [6.07, 6.45) is 0.421. The molecule has 0 bridgehead atoms. The van der Waals surface area contributed by atoms with Crippen molar-refractivity contribution in [3.05, 3.63) is 23.8 Å². The Bertz CT molecular complexity index is 417. The van der Waals surface area contributed by atoms with Crippen molar-refractivity contribution >= 4 is 17.3 Å². The molecule has 0 saturated carbocycles. The van der Waals surface area contributed by atoms with Crippen LogP contribution in [0.3, 0.4) is 0 Å². The number of aryl methyl sites for hydroxylation is 1. The maximum atomic E-state index is 11.7. The highest BCUT2D eigenvalue weighted by Gasteiger charge is 2.30. The van der Waals surface area contributed by atoms with E-state index in [-0.39, 0.29) is 18.4 Å². The zero-order valence-corrected chi connectivity index (χ0v) is 9.31. The van der Waals surface area contributed by atoms with E-state index in [0.717, 1.165) is 11.3 Å². The number of anilines is 2. The Labute approximate surface area is 94.7 Å². The molecule has 4 heteroatoms. The Hall–Kier alpha value is -1.55. The van der Waals surface area contributed by atoms with Gasteiger partial charge in [-0.3, -0.25) is 4.79 Å². The van der Waals surface area contributed by atoms with Crippen LogP contribution >= 0.6 is 0 Å². The maximum absolute atomic E-state index is 11.7. The lowest BCUT2D eigenvalue weighted by molar-refractivity contribution is -0.117. The Kier molecular flexibility index (Phi) is 2.83. The number of nitrogens with zero attached hydrogens (tertiary/aromatic N) is 1. The molecule has 2 rings (SSSR count). The van der Waals surface area contributed by atoms with Crippen LogP contribution in [0.15, 0.2) is 18.2 Å². The van der Waals surface area contributed by atoms with E-state index in [1.165, 1.54) is 0 Å². The number of benzene rings is 1. The summed E-state index contributed by atoms with van der Waals surface area (Å²) >= 11 is 0. The Balaban J connectivity index is 2.24. The van der Waals surface area contributed by atoms with E-state index in [0.29, 0.717) is 18.7 Å². The summed E-state index contributed by atoms with van der Waals surface area (Å²) in [5.74, 6) is 0.109. The SMILES string of the molecule is Cc1ccc(N2CC(CO)CC2=O)cc1N. The highest BCUT2D eigenvalue weighted by atomic mass is 16.3. The van der Waals surface area contributed by atoms with Crippen LogP contribution in [0.5, 0.6) is 0 Å². The number of nitrogens with two attached hydrogens (primary N) is 1. The predicted octanol–water partition coefficient (Wildman–Crippen LogP) is 0.922. The summed E-state index contributed by atoms with van der Waals surface area (Å²) in [5, 5.41) is 9.04. The van der Waals surface area contributed by atoms with Crippen LogP contribution in [0.2, 0.25) is 0 Å². The first kappa shape index (κ1) is 11.0. The molecule has 1 atom stereocenters. The van der Waals surface area contributed by atoms with Gasteiger partial charge in [0.2, 0.25) is 5.91 Å². The van der Waals surface area contributed by atoms with Crippen LogP contribution in [-0.2, 0) is 4.79 Å². The van der Waals surface area contributed by atoms with Gasteiger partial charge in [0.1, 0.15) is 0 Å². The molecule has 1 fully saturated rings. The van der Waals surface area contributed by atoms with Crippen LogP contribution in [0, 0.1) is 12.8 Å². The molecule has 1 aliphatic heterocycles. The number of aliphatic hydroxyl groups is 1. The fourth-order valence-corrected chi connectivity index (χ4v) is 1.95. The van der Waals surface area contributed by atoms with Crippen molar-refractivity contribution in [1.29, 1.82) is 0 Å². The van der Waals surface area contributed by atoms with Gasteiger partial charge in [-0.15, -0.1) is 0 Å². The lowest BCUT2D eigenvalue weighted by Gasteiger charge is -2.17. The lowest BCUT2D eigenvalue weighted by Crippen LogP contribution is -2.24. The van der Waals surface area contributed by atoms with Crippen LogP contribution in [0.4, 0.5) is 11.4 Å². The van der Waals surface area contributed by atoms with Crippen molar-refractivity contribution in [3.8, 4) is 0 Å². The third kappa shape index (κ3) is 1.88. The minimum absolute atomic E-state index is 0.0510. The first-order valence-corrected chi connectivity index (χ1v) is 5.39. The molecule has 1 aromatic carbocycles. The minimum Gasteiger partial charge on any atom is -0.398 e. The van der Waals surface area contributed by atoms with Gasteiger partial charge in [-0.1, -0.05) is 6.07 Å². The fraction of sp³-hybridized carbons (Fsp3) is 0.417. The molecule has 1 heterocycles. The van der Waals surface area contributed by atoms with Gasteiger partial charge in [0, 0.05) is 36.9 Å². The summed E-state index contributed by atoms with van der Waals surface area (Å²) in [5.41, 5.74) is 8.34. The molecule has 1 unspecified atom stereocenters. The number of hydrogen-bond donors (Lipinski definition) is 2. The van der Waals surface area contributed by atoms with Crippen LogP contribution < -0.4 is 10.6 Å². The molecule has 0 aromatic heterocycles. The van der Waals surface area contributed by atoms with E-state index in [9.17, 15) is 4.79 Å². The van der Waals surface area contributed by atoms with Crippen molar-refractivity contribution in [3.63, 3.8) is 0 Å². The van der Waals surface area contributed by atoms with Gasteiger partial charge >= 0.3 is 0 Å². The van der Waals surface area contributed by atoms with E-state index in [2.05, 4.69) is 0 Å². The molecule has 4 nitrogen and oxygen atoms in total. The second kappa shape index (κ2) is 4.14. The number of carbonyl (C=O) groups excluding carboxylic acids is 1. The van der Waals surface area contributed by atoms with Crippen LogP contribution in [0.1, 0.15) is 12.0 Å². The van der Waals surface area contributed by atoms with Crippen LogP contribution in [-0.4, -0.2) is 24.2 Å². The second-order valence-corrected chi connectivity index (χ2v) is 4.30. The summed E-state index contributed by atoms with van der Waals surface area (Å²) < 4.78 is 0. The van der Waals surface area contributed by atoms with Crippen molar-refractivity contribution in [2.45, 2.75) is 13.3 Å². The molecule has 0 radical (unpaired) electrons. The highest BCUT2D eigenvalue weighted by molar-refractivity contribution is 5.96. The summed E-state index contributed by atoms with van der Waals surface area (Å²) in [6, 6.07) is 5.61. The van der Waals surface area contributed by atoms with Gasteiger partial charge < -0.3 is 15.7 Å². The van der Waals surface area contributed by atoms with E-state index in [4.69, 9.17) is 10.8 Å². The van der Waals surface area contributed by atoms with E-state index >= 15 is 0 Å². The molecule has 0 spiro atoms. The highest BCUT2D eigenvalue weighted by Crippen LogP contribution is 2.27. The van der Waals surface area contributed by atoms with E-state index < -0.39 is 0 Å². The van der Waals surface area contributed by atoms with E-state index in [1.54, 1.807) is 4.90 Å². The summed E-state index contributed by atoms with van der Waals surface area (Å²) in [4.78, 5) is 13.4. The Morgan fingerprint density at radius 2 is 2.31 bits per heavy atom. The number of rotatable bonds is 2. The number of nitrogen functional groups attached to an aromatic ring is 1. The molecule has 1 saturated heterocycles. The second-order valence-electron chi connectivity index (χ2n) is 4.30. The topological polar surface area (TPSA) is 66.6 Å². The van der Waals surface area contributed by atoms with Gasteiger partial charge in [-0.05, 0) is 24.6 Å². The molecule has 86 valence electrons. The zero-order valence-electron chi connectivity index (χ0n) is 9.31. The Morgan fingerprint density at radius 3 is 2.88 bits per heavy atom. The third-order valence-corrected chi connectivity index (χ3v) is 3.04. The zero-order chi connectivity index (χ0) is 11.7. The number of hydrogen-bond acceptors (Lipinski definition) is 3. The first-order valence-electron chi connectivity index (χ1n) is 5.39. The van der Waals surface area contributed by atoms with Gasteiger partial charge in [-0.25, -0.2) is 0 Å². The monoisotopic (exact) mass is 220 g/mol. The molecular weight excluding hydrogens is 204 g/mol. The molecule has 1 amide bonds. The number of amides is 1. The average Bonchev–Trinajstić information content (AvgIpc) is 2.64. The minimum atomic E-state index is 0.0510. The predicted molar refractivity (Wildman–Crippen MR) is 63.1 cm³/mol. The summed E-state index contributed by atoms with van der Waals surface area (Å²) in [7, 11) is 0. The number of aliphatic hydroxyl groups excluding tert-OH is 1. The van der Waals surface area contributed by atoms with Gasteiger partial charge in [0.15, 0.2) is 0 Å². The van der Waals surface area contributed by atoms with Gasteiger partial charge in [0.05, 0.1) is 0 Å². The summed E-state index contributed by atoms with van der Waals surface area (Å²) in [6.45, 7) is 2.57.